The highest BCUT2D eigenvalue weighted by atomic mass is 16.2. The number of carbonyl (C=O) groups is 1. The summed E-state index contributed by atoms with van der Waals surface area (Å²) < 4.78 is 0. The zero-order chi connectivity index (χ0) is 14.6. The second-order valence-electron chi connectivity index (χ2n) is 5.72. The Labute approximate surface area is 120 Å². The van der Waals surface area contributed by atoms with Gasteiger partial charge in [-0.15, -0.1) is 0 Å². The average molecular weight is 276 g/mol. The number of carbonyl (C=O) groups excluding carboxylic acids is 1. The highest BCUT2D eigenvalue weighted by molar-refractivity contribution is 5.97. The summed E-state index contributed by atoms with van der Waals surface area (Å²) in [4.78, 5) is 18.8. The van der Waals surface area contributed by atoms with Gasteiger partial charge in [-0.3, -0.25) is 4.79 Å². The second-order valence-corrected chi connectivity index (χ2v) is 5.72. The van der Waals surface area contributed by atoms with Gasteiger partial charge in [0, 0.05) is 13.1 Å². The van der Waals surface area contributed by atoms with Gasteiger partial charge in [0.15, 0.2) is 0 Å². The van der Waals surface area contributed by atoms with E-state index < -0.39 is 5.54 Å². The molecule has 1 aromatic rings. The fourth-order valence-corrected chi connectivity index (χ4v) is 2.50. The van der Waals surface area contributed by atoms with Crippen LogP contribution in [0.1, 0.15) is 39.5 Å². The molecule has 110 valence electrons. The first kappa shape index (κ1) is 14.8. The molecule has 5 nitrogen and oxygen atoms in total. The first-order valence-corrected chi connectivity index (χ1v) is 7.34. The van der Waals surface area contributed by atoms with Crippen molar-refractivity contribution in [2.75, 3.05) is 23.3 Å². The van der Waals surface area contributed by atoms with Crippen molar-refractivity contribution in [1.82, 2.24) is 4.98 Å². The van der Waals surface area contributed by atoms with E-state index >= 15 is 0 Å². The van der Waals surface area contributed by atoms with Gasteiger partial charge in [0.1, 0.15) is 5.82 Å². The SMILES string of the molecule is CCCC(C)(N)C(=O)Nc1ccc(N2CCCC2)nc1. The summed E-state index contributed by atoms with van der Waals surface area (Å²) in [5.41, 5.74) is 5.88. The van der Waals surface area contributed by atoms with Crippen molar-refractivity contribution in [2.45, 2.75) is 45.1 Å². The van der Waals surface area contributed by atoms with E-state index in [0.717, 1.165) is 25.3 Å². The van der Waals surface area contributed by atoms with Crippen LogP contribution >= 0.6 is 0 Å². The highest BCUT2D eigenvalue weighted by Gasteiger charge is 2.27. The fourth-order valence-electron chi connectivity index (χ4n) is 2.50. The first-order valence-electron chi connectivity index (χ1n) is 7.34. The number of hydrogen-bond acceptors (Lipinski definition) is 4. The third kappa shape index (κ3) is 3.48. The molecule has 1 aromatic heterocycles. The number of rotatable bonds is 5. The van der Waals surface area contributed by atoms with Gasteiger partial charge < -0.3 is 16.0 Å². The van der Waals surface area contributed by atoms with Gasteiger partial charge in [-0.1, -0.05) is 13.3 Å². The van der Waals surface area contributed by atoms with Crippen LogP contribution in [0.15, 0.2) is 18.3 Å². The molecular weight excluding hydrogens is 252 g/mol. The summed E-state index contributed by atoms with van der Waals surface area (Å²) in [6, 6.07) is 3.84. The lowest BCUT2D eigenvalue weighted by Crippen LogP contribution is -2.48. The predicted octanol–water partition coefficient (Wildman–Crippen LogP) is 2.14. The second kappa shape index (κ2) is 6.22. The normalized spacial score (nSPS) is 17.9. The van der Waals surface area contributed by atoms with E-state index in [9.17, 15) is 4.79 Å². The van der Waals surface area contributed by atoms with Crippen LogP contribution in [-0.4, -0.2) is 29.5 Å². The highest BCUT2D eigenvalue weighted by Crippen LogP contribution is 2.20. The molecular formula is C15H24N4O. The largest absolute Gasteiger partial charge is 0.357 e. The summed E-state index contributed by atoms with van der Waals surface area (Å²) in [6.07, 6.45) is 5.70. The minimum Gasteiger partial charge on any atom is -0.357 e. The van der Waals surface area contributed by atoms with E-state index in [1.165, 1.54) is 12.8 Å². The van der Waals surface area contributed by atoms with Crippen molar-refractivity contribution < 1.29 is 4.79 Å². The van der Waals surface area contributed by atoms with Gasteiger partial charge in [0.25, 0.3) is 0 Å². The van der Waals surface area contributed by atoms with Gasteiger partial charge in [-0.2, -0.15) is 0 Å². The molecule has 1 saturated heterocycles. The van der Waals surface area contributed by atoms with Crippen molar-refractivity contribution in [1.29, 1.82) is 0 Å². The van der Waals surface area contributed by atoms with Gasteiger partial charge >= 0.3 is 0 Å². The summed E-state index contributed by atoms with van der Waals surface area (Å²) in [5.74, 6) is 0.819. The lowest BCUT2D eigenvalue weighted by atomic mass is 9.96. The number of pyridine rings is 1. The average Bonchev–Trinajstić information content (AvgIpc) is 2.93. The van der Waals surface area contributed by atoms with E-state index in [4.69, 9.17) is 5.73 Å². The summed E-state index contributed by atoms with van der Waals surface area (Å²) in [7, 11) is 0. The minimum atomic E-state index is -0.831. The standard InChI is InChI=1S/C15H24N4O/c1-3-8-15(2,16)14(20)18-12-6-7-13(17-11-12)19-9-4-5-10-19/h6-7,11H,3-5,8-10,16H2,1-2H3,(H,18,20). The molecule has 1 atom stereocenters. The van der Waals surface area contributed by atoms with E-state index in [-0.39, 0.29) is 5.91 Å². The molecule has 2 heterocycles. The Morgan fingerprint density at radius 3 is 2.70 bits per heavy atom. The van der Waals surface area contributed by atoms with Crippen LogP contribution in [0.3, 0.4) is 0 Å². The summed E-state index contributed by atoms with van der Waals surface area (Å²) in [6.45, 7) is 5.91. The maximum atomic E-state index is 12.1. The molecule has 0 spiro atoms. The van der Waals surface area contributed by atoms with Crippen molar-refractivity contribution in [2.24, 2.45) is 5.73 Å². The molecule has 0 bridgehead atoms. The van der Waals surface area contributed by atoms with Gasteiger partial charge in [-0.05, 0) is 38.3 Å². The van der Waals surface area contributed by atoms with Crippen LogP contribution in [0.4, 0.5) is 11.5 Å². The third-order valence-electron chi connectivity index (χ3n) is 3.72. The lowest BCUT2D eigenvalue weighted by Gasteiger charge is -2.23. The maximum Gasteiger partial charge on any atom is 0.244 e. The molecule has 0 saturated carbocycles. The smallest absolute Gasteiger partial charge is 0.244 e. The topological polar surface area (TPSA) is 71.2 Å². The van der Waals surface area contributed by atoms with Crippen LogP contribution in [-0.2, 0) is 4.79 Å². The van der Waals surface area contributed by atoms with Crippen molar-refractivity contribution in [3.8, 4) is 0 Å². The molecule has 5 heteroatoms. The Bertz CT molecular complexity index is 449. The van der Waals surface area contributed by atoms with Crippen molar-refractivity contribution >= 4 is 17.4 Å². The molecule has 0 radical (unpaired) electrons. The van der Waals surface area contributed by atoms with Crippen LogP contribution < -0.4 is 16.0 Å². The number of aromatic nitrogens is 1. The zero-order valence-electron chi connectivity index (χ0n) is 12.4. The number of anilines is 2. The van der Waals surface area contributed by atoms with Gasteiger partial charge in [0.2, 0.25) is 5.91 Å². The number of hydrogen-bond donors (Lipinski definition) is 2. The molecule has 3 N–H and O–H groups in total. The maximum absolute atomic E-state index is 12.1. The molecule has 1 aliphatic rings. The van der Waals surface area contributed by atoms with Crippen LogP contribution in [0.5, 0.6) is 0 Å². The Morgan fingerprint density at radius 2 is 2.15 bits per heavy atom. The van der Waals surface area contributed by atoms with Crippen molar-refractivity contribution in [3.05, 3.63) is 18.3 Å². The molecule has 0 aliphatic carbocycles. The Kier molecular flexibility index (Phi) is 4.60. The number of nitrogens with one attached hydrogen (secondary N) is 1. The monoisotopic (exact) mass is 276 g/mol. The molecule has 1 fully saturated rings. The molecule has 20 heavy (non-hydrogen) atoms. The molecule has 1 unspecified atom stereocenters. The molecule has 1 aliphatic heterocycles. The Hall–Kier alpha value is -1.62. The number of nitrogens with zero attached hydrogens (tertiary/aromatic N) is 2. The Balaban J connectivity index is 1.98. The summed E-state index contributed by atoms with van der Waals surface area (Å²) in [5, 5.41) is 2.84. The minimum absolute atomic E-state index is 0.157. The third-order valence-corrected chi connectivity index (χ3v) is 3.72. The predicted molar refractivity (Wildman–Crippen MR) is 81.8 cm³/mol. The Morgan fingerprint density at radius 1 is 1.45 bits per heavy atom. The number of nitrogens with two attached hydrogens (primary N) is 1. The quantitative estimate of drug-likeness (QED) is 0.864. The summed E-state index contributed by atoms with van der Waals surface area (Å²) >= 11 is 0. The van der Waals surface area contributed by atoms with Crippen LogP contribution in [0.2, 0.25) is 0 Å². The van der Waals surface area contributed by atoms with Crippen molar-refractivity contribution in [3.63, 3.8) is 0 Å². The molecule has 1 amide bonds. The van der Waals surface area contributed by atoms with Gasteiger partial charge in [0.05, 0.1) is 17.4 Å². The van der Waals surface area contributed by atoms with E-state index in [0.29, 0.717) is 12.1 Å². The van der Waals surface area contributed by atoms with Gasteiger partial charge in [-0.25, -0.2) is 4.98 Å². The first-order chi connectivity index (χ1) is 9.53. The van der Waals surface area contributed by atoms with E-state index in [1.807, 2.05) is 19.1 Å². The molecule has 0 aromatic carbocycles. The fraction of sp³-hybridized carbons (Fsp3) is 0.600. The van der Waals surface area contributed by atoms with E-state index in [1.54, 1.807) is 13.1 Å². The van der Waals surface area contributed by atoms with Crippen LogP contribution in [0, 0.1) is 0 Å². The molecule has 2 rings (SSSR count). The lowest BCUT2D eigenvalue weighted by molar-refractivity contribution is -0.120. The zero-order valence-corrected chi connectivity index (χ0v) is 12.4. The van der Waals surface area contributed by atoms with Crippen LogP contribution in [0.25, 0.3) is 0 Å². The van der Waals surface area contributed by atoms with E-state index in [2.05, 4.69) is 15.2 Å². The number of amides is 1.